The molecule has 0 heterocycles. The molecule has 1 heteroatoms. The lowest BCUT2D eigenvalue weighted by Gasteiger charge is -2.34. The van der Waals surface area contributed by atoms with Gasteiger partial charge in [0.2, 0.25) is 0 Å². The average Bonchev–Trinajstić information content (AvgIpc) is 3.10. The van der Waals surface area contributed by atoms with Gasteiger partial charge in [-0.15, -0.1) is 0 Å². The van der Waals surface area contributed by atoms with Crippen molar-refractivity contribution in [1.82, 2.24) is 0 Å². The van der Waals surface area contributed by atoms with E-state index in [2.05, 4.69) is 86.1 Å². The molecular formula is C24H27Br. The Bertz CT molecular complexity index is 863. The Morgan fingerprint density at radius 2 is 1.20 bits per heavy atom. The van der Waals surface area contributed by atoms with Crippen LogP contribution < -0.4 is 0 Å². The maximum atomic E-state index is 3.73. The fraction of sp³-hybridized carbons (Fsp3) is 0.417. The van der Waals surface area contributed by atoms with E-state index < -0.39 is 0 Å². The number of fused-ring (bicyclic) bond motifs is 4. The Labute approximate surface area is 160 Å². The maximum Gasteiger partial charge on any atom is 0.0213 e. The fourth-order valence-electron chi connectivity index (χ4n) is 5.75. The molecule has 0 unspecified atom stereocenters. The summed E-state index contributed by atoms with van der Waals surface area (Å²) >= 11 is 3.73. The lowest BCUT2D eigenvalue weighted by Crippen LogP contribution is -2.25. The molecule has 2 aliphatic carbocycles. The van der Waals surface area contributed by atoms with E-state index in [0.29, 0.717) is 0 Å². The fourth-order valence-corrected chi connectivity index (χ4v) is 6.11. The molecule has 0 spiro atoms. The molecule has 0 aromatic heterocycles. The van der Waals surface area contributed by atoms with Gasteiger partial charge in [0, 0.05) is 15.3 Å². The molecule has 2 aromatic carbocycles. The predicted molar refractivity (Wildman–Crippen MR) is 112 cm³/mol. The van der Waals surface area contributed by atoms with Crippen molar-refractivity contribution in [1.29, 1.82) is 0 Å². The van der Waals surface area contributed by atoms with Crippen molar-refractivity contribution in [2.24, 2.45) is 0 Å². The van der Waals surface area contributed by atoms with Crippen LogP contribution in [0, 0.1) is 0 Å². The monoisotopic (exact) mass is 394 g/mol. The third-order valence-electron chi connectivity index (χ3n) is 7.10. The molecule has 0 saturated heterocycles. The highest BCUT2D eigenvalue weighted by Crippen LogP contribution is 2.66. The molecule has 0 N–H and O–H groups in total. The van der Waals surface area contributed by atoms with Gasteiger partial charge in [-0.25, -0.2) is 0 Å². The summed E-state index contributed by atoms with van der Waals surface area (Å²) in [4.78, 5) is 0. The van der Waals surface area contributed by atoms with Crippen molar-refractivity contribution < 1.29 is 0 Å². The first-order valence-corrected chi connectivity index (χ1v) is 10.5. The smallest absolute Gasteiger partial charge is 0.0213 e. The van der Waals surface area contributed by atoms with E-state index in [4.69, 9.17) is 0 Å². The van der Waals surface area contributed by atoms with Crippen LogP contribution in [0.1, 0.15) is 75.6 Å². The van der Waals surface area contributed by atoms with E-state index in [1.807, 2.05) is 0 Å². The summed E-state index contributed by atoms with van der Waals surface area (Å²) in [7, 11) is 0. The highest BCUT2D eigenvalue weighted by molar-refractivity contribution is 9.10. The van der Waals surface area contributed by atoms with Gasteiger partial charge in [0.05, 0.1) is 0 Å². The summed E-state index contributed by atoms with van der Waals surface area (Å²) < 4.78 is 1.20. The molecular weight excluding hydrogens is 368 g/mol. The van der Waals surface area contributed by atoms with E-state index >= 15 is 0 Å². The van der Waals surface area contributed by atoms with Crippen LogP contribution in [0.5, 0.6) is 0 Å². The average molecular weight is 395 g/mol. The summed E-state index contributed by atoms with van der Waals surface area (Å²) in [6, 6.07) is 16.2. The van der Waals surface area contributed by atoms with Crippen molar-refractivity contribution in [3.63, 3.8) is 0 Å². The molecule has 0 atom stereocenters. The predicted octanol–water partition coefficient (Wildman–Crippen LogP) is 7.50. The van der Waals surface area contributed by atoms with Gasteiger partial charge in [0.25, 0.3) is 0 Å². The van der Waals surface area contributed by atoms with Crippen molar-refractivity contribution in [3.05, 3.63) is 69.2 Å². The normalized spacial score (nSPS) is 18.9. The molecule has 0 radical (unpaired) electrons. The minimum atomic E-state index is 0.149. The molecule has 0 bridgehead atoms. The standard InChI is InChI=1S/C24H27Br/c1-5-23(6-2)19-12-10-9-11-17(19)21-22(23)18-14-13-16(25)15-20(18)24(21,7-3)8-4/h9-15H,5-8H2,1-4H3. The zero-order chi connectivity index (χ0) is 17.8. The first kappa shape index (κ1) is 17.1. The Morgan fingerprint density at radius 1 is 0.680 bits per heavy atom. The summed E-state index contributed by atoms with van der Waals surface area (Å²) in [6.45, 7) is 9.47. The number of allylic oxidation sites excluding steroid dienone is 2. The van der Waals surface area contributed by atoms with Crippen LogP contribution in [-0.4, -0.2) is 0 Å². The molecule has 0 nitrogen and oxygen atoms in total. The van der Waals surface area contributed by atoms with Gasteiger partial charge in [-0.05, 0) is 71.2 Å². The largest absolute Gasteiger partial charge is 0.0642 e. The molecule has 0 amide bonds. The molecule has 0 aliphatic heterocycles. The van der Waals surface area contributed by atoms with Crippen LogP contribution in [0.3, 0.4) is 0 Å². The maximum absolute atomic E-state index is 3.73. The molecule has 2 aromatic rings. The SMILES string of the molecule is CCC1(CC)C2=C(c3ccccc31)C(CC)(CC)c1cc(Br)ccc12. The van der Waals surface area contributed by atoms with Gasteiger partial charge in [0.1, 0.15) is 0 Å². The number of rotatable bonds is 4. The Balaban J connectivity index is 2.14. The van der Waals surface area contributed by atoms with Crippen LogP contribution >= 0.6 is 15.9 Å². The number of benzene rings is 2. The van der Waals surface area contributed by atoms with Crippen LogP contribution in [0.4, 0.5) is 0 Å². The third-order valence-corrected chi connectivity index (χ3v) is 7.59. The first-order chi connectivity index (χ1) is 12.1. The molecule has 0 saturated carbocycles. The lowest BCUT2D eigenvalue weighted by atomic mass is 9.69. The van der Waals surface area contributed by atoms with Crippen molar-refractivity contribution in [2.45, 2.75) is 64.2 Å². The Hall–Kier alpha value is -1.34. The van der Waals surface area contributed by atoms with Crippen LogP contribution in [0.15, 0.2) is 46.9 Å². The van der Waals surface area contributed by atoms with Crippen LogP contribution in [0.2, 0.25) is 0 Å². The zero-order valence-electron chi connectivity index (χ0n) is 15.7. The van der Waals surface area contributed by atoms with Crippen LogP contribution in [-0.2, 0) is 10.8 Å². The molecule has 130 valence electrons. The minimum Gasteiger partial charge on any atom is -0.0642 e. The van der Waals surface area contributed by atoms with E-state index in [1.54, 1.807) is 16.7 Å². The minimum absolute atomic E-state index is 0.149. The molecule has 25 heavy (non-hydrogen) atoms. The second-order valence-electron chi connectivity index (χ2n) is 7.56. The quantitative estimate of drug-likeness (QED) is 0.503. The second-order valence-corrected chi connectivity index (χ2v) is 8.48. The van der Waals surface area contributed by atoms with Gasteiger partial charge in [-0.1, -0.05) is 74.0 Å². The van der Waals surface area contributed by atoms with E-state index in [0.717, 1.165) is 12.8 Å². The van der Waals surface area contributed by atoms with Gasteiger partial charge in [-0.2, -0.15) is 0 Å². The van der Waals surface area contributed by atoms with Gasteiger partial charge < -0.3 is 0 Å². The van der Waals surface area contributed by atoms with Gasteiger partial charge >= 0.3 is 0 Å². The Morgan fingerprint density at radius 3 is 1.80 bits per heavy atom. The number of halogens is 1. The van der Waals surface area contributed by atoms with Crippen molar-refractivity contribution in [3.8, 4) is 0 Å². The third kappa shape index (κ3) is 1.94. The van der Waals surface area contributed by atoms with Gasteiger partial charge in [0.15, 0.2) is 0 Å². The molecule has 0 fully saturated rings. The lowest BCUT2D eigenvalue weighted by molar-refractivity contribution is 0.518. The number of hydrogen-bond donors (Lipinski definition) is 0. The summed E-state index contributed by atoms with van der Waals surface area (Å²) in [5.41, 5.74) is 9.69. The Kier molecular flexibility index (Phi) is 3.99. The summed E-state index contributed by atoms with van der Waals surface area (Å²) in [6.07, 6.45) is 4.64. The van der Waals surface area contributed by atoms with E-state index in [9.17, 15) is 0 Å². The second kappa shape index (κ2) is 5.84. The molecule has 4 rings (SSSR count). The highest BCUT2D eigenvalue weighted by atomic mass is 79.9. The van der Waals surface area contributed by atoms with Crippen molar-refractivity contribution >= 4 is 27.1 Å². The zero-order valence-corrected chi connectivity index (χ0v) is 17.3. The van der Waals surface area contributed by atoms with E-state index in [-0.39, 0.29) is 10.8 Å². The topological polar surface area (TPSA) is 0 Å². The number of hydrogen-bond acceptors (Lipinski definition) is 0. The van der Waals surface area contributed by atoms with Gasteiger partial charge in [-0.3, -0.25) is 0 Å². The first-order valence-electron chi connectivity index (χ1n) is 9.75. The van der Waals surface area contributed by atoms with Crippen molar-refractivity contribution in [2.75, 3.05) is 0 Å². The summed E-state index contributed by atoms with van der Waals surface area (Å²) in [5.74, 6) is 0. The molecule has 2 aliphatic rings. The van der Waals surface area contributed by atoms with E-state index in [1.165, 1.54) is 34.0 Å². The highest BCUT2D eigenvalue weighted by Gasteiger charge is 2.53. The van der Waals surface area contributed by atoms with Crippen LogP contribution in [0.25, 0.3) is 11.1 Å². The summed E-state index contributed by atoms with van der Waals surface area (Å²) in [5, 5.41) is 0.